The van der Waals surface area contributed by atoms with Crippen molar-refractivity contribution in [3.05, 3.63) is 103 Å². The zero-order chi connectivity index (χ0) is 17.8. The number of nitrogens with zero attached hydrogens (tertiary/aromatic N) is 1. The van der Waals surface area contributed by atoms with Crippen LogP contribution < -0.4 is 0 Å². The second-order valence-electron chi connectivity index (χ2n) is 4.76. The van der Waals surface area contributed by atoms with Gasteiger partial charge in [-0.1, -0.05) is 93.1 Å². The molecule has 2 rings (SSSR count). The highest BCUT2D eigenvalue weighted by Gasteiger charge is 1.98. The van der Waals surface area contributed by atoms with E-state index in [9.17, 15) is 0 Å². The Morgan fingerprint density at radius 3 is 1.62 bits per heavy atom. The van der Waals surface area contributed by atoms with Gasteiger partial charge in [0.2, 0.25) is 0 Å². The van der Waals surface area contributed by atoms with E-state index in [-0.39, 0.29) is 0 Å². The second-order valence-corrected chi connectivity index (χ2v) is 4.76. The van der Waals surface area contributed by atoms with Crippen LogP contribution in [-0.2, 0) is 0 Å². The van der Waals surface area contributed by atoms with Crippen LogP contribution >= 0.6 is 0 Å². The maximum absolute atomic E-state index is 8.43. The molecule has 0 saturated heterocycles. The van der Waals surface area contributed by atoms with E-state index in [4.69, 9.17) is 5.26 Å². The van der Waals surface area contributed by atoms with Crippen molar-refractivity contribution in [2.45, 2.75) is 0 Å². The number of hydrogen-bond donors (Lipinski definition) is 0. The van der Waals surface area contributed by atoms with E-state index in [0.717, 1.165) is 27.8 Å². The molecule has 0 heterocycles. The third-order valence-electron chi connectivity index (χ3n) is 3.37. The summed E-state index contributed by atoms with van der Waals surface area (Å²) in [6, 6.07) is 15.8. The molecule has 0 radical (unpaired) electrons. The van der Waals surface area contributed by atoms with Gasteiger partial charge in [0.1, 0.15) is 0 Å². The predicted octanol–water partition coefficient (Wildman–Crippen LogP) is 6.48. The van der Waals surface area contributed by atoms with E-state index in [1.807, 2.05) is 60.7 Å². The van der Waals surface area contributed by atoms with Gasteiger partial charge >= 0.3 is 0 Å². The summed E-state index contributed by atoms with van der Waals surface area (Å²) < 4.78 is 0. The molecule has 0 bridgehead atoms. The largest absolute Gasteiger partial charge is 0.193 e. The van der Waals surface area contributed by atoms with E-state index in [1.165, 1.54) is 6.08 Å². The molecule has 0 atom stereocenters. The van der Waals surface area contributed by atoms with Crippen LogP contribution in [0.15, 0.2) is 74.9 Å². The summed E-state index contributed by atoms with van der Waals surface area (Å²) in [6.45, 7) is 14.9. The lowest BCUT2D eigenvalue weighted by Crippen LogP contribution is -1.84. The predicted molar refractivity (Wildman–Crippen MR) is 108 cm³/mol. The normalized spacial score (nSPS) is 9.29. The number of rotatable bonds is 5. The van der Waals surface area contributed by atoms with Crippen molar-refractivity contribution < 1.29 is 0 Å². The third-order valence-corrected chi connectivity index (χ3v) is 3.37. The summed E-state index contributed by atoms with van der Waals surface area (Å²) in [5.41, 5.74) is 5.29. The van der Waals surface area contributed by atoms with Crippen LogP contribution in [0.25, 0.3) is 30.4 Å². The quantitative estimate of drug-likeness (QED) is 0.579. The number of nitriles is 1. The molecule has 24 heavy (non-hydrogen) atoms. The topological polar surface area (TPSA) is 23.8 Å². The van der Waals surface area contributed by atoms with Crippen molar-refractivity contribution >= 4 is 30.4 Å². The zero-order valence-electron chi connectivity index (χ0n) is 13.8. The van der Waals surface area contributed by atoms with Gasteiger partial charge in [0.15, 0.2) is 0 Å². The van der Waals surface area contributed by atoms with E-state index in [0.29, 0.717) is 0 Å². The lowest BCUT2D eigenvalue weighted by Gasteiger charge is -2.04. The van der Waals surface area contributed by atoms with Gasteiger partial charge in [-0.3, -0.25) is 0 Å². The van der Waals surface area contributed by atoms with E-state index < -0.39 is 0 Å². The first-order chi connectivity index (χ1) is 11.7. The fourth-order valence-electron chi connectivity index (χ4n) is 2.17. The highest BCUT2D eigenvalue weighted by atomic mass is 14.2. The Labute approximate surface area is 144 Å². The Kier molecular flexibility index (Phi) is 8.07. The first kappa shape index (κ1) is 18.7. The Bertz CT molecular complexity index is 774. The molecule has 0 fully saturated rings. The third kappa shape index (κ3) is 5.12. The van der Waals surface area contributed by atoms with Crippen LogP contribution in [0.2, 0.25) is 0 Å². The maximum Gasteiger partial charge on any atom is 0.0912 e. The lowest BCUT2D eigenvalue weighted by atomic mass is 10.0. The summed E-state index contributed by atoms with van der Waals surface area (Å²) in [5.74, 6) is 0. The van der Waals surface area contributed by atoms with Crippen LogP contribution in [0.3, 0.4) is 0 Å². The van der Waals surface area contributed by atoms with Crippen molar-refractivity contribution in [1.29, 1.82) is 5.26 Å². The smallest absolute Gasteiger partial charge is 0.0912 e. The van der Waals surface area contributed by atoms with E-state index in [2.05, 4.69) is 26.3 Å². The molecule has 0 saturated carbocycles. The summed E-state index contributed by atoms with van der Waals surface area (Å²) >= 11 is 0. The molecule has 0 unspecified atom stereocenters. The van der Waals surface area contributed by atoms with Crippen LogP contribution in [-0.4, -0.2) is 0 Å². The van der Waals surface area contributed by atoms with Crippen molar-refractivity contribution in [3.63, 3.8) is 0 Å². The average Bonchev–Trinajstić information content (AvgIpc) is 2.66. The molecule has 0 aliphatic carbocycles. The van der Waals surface area contributed by atoms with Crippen molar-refractivity contribution in [2.24, 2.45) is 0 Å². The minimum atomic E-state index is 0.985. The monoisotopic (exact) mass is 311 g/mol. The molecule has 0 aliphatic heterocycles. The maximum atomic E-state index is 8.43. The molecule has 2 aromatic rings. The number of benzene rings is 2. The van der Waals surface area contributed by atoms with Gasteiger partial charge in [-0.15, -0.1) is 0 Å². The number of hydrogen-bond acceptors (Lipinski definition) is 1. The van der Waals surface area contributed by atoms with E-state index in [1.54, 1.807) is 18.2 Å². The first-order valence-corrected chi connectivity index (χ1v) is 7.49. The van der Waals surface area contributed by atoms with Crippen molar-refractivity contribution in [2.75, 3.05) is 0 Å². The highest BCUT2D eigenvalue weighted by Crippen LogP contribution is 2.18. The van der Waals surface area contributed by atoms with E-state index >= 15 is 0 Å². The molecule has 1 nitrogen and oxygen atoms in total. The van der Waals surface area contributed by atoms with Crippen molar-refractivity contribution in [3.8, 4) is 6.07 Å². The van der Waals surface area contributed by atoms with Gasteiger partial charge in [-0.25, -0.2) is 0 Å². The van der Waals surface area contributed by atoms with Gasteiger partial charge in [0, 0.05) is 6.08 Å². The Balaban J connectivity index is 0.000000254. The summed E-state index contributed by atoms with van der Waals surface area (Å²) in [7, 11) is 0. The molecule has 2 aromatic carbocycles. The lowest BCUT2D eigenvalue weighted by molar-refractivity contribution is 1.53. The Hall–Kier alpha value is -3.37. The fourth-order valence-corrected chi connectivity index (χ4v) is 2.17. The van der Waals surface area contributed by atoms with Gasteiger partial charge in [0.05, 0.1) is 6.07 Å². The molecule has 0 aromatic heterocycles. The molecule has 0 aliphatic rings. The second kappa shape index (κ2) is 10.4. The molecular formula is C23H21N. The molecule has 0 spiro atoms. The molecule has 1 heteroatoms. The van der Waals surface area contributed by atoms with Gasteiger partial charge in [-0.2, -0.15) is 5.26 Å². The molecule has 118 valence electrons. The van der Waals surface area contributed by atoms with Crippen LogP contribution in [0.4, 0.5) is 0 Å². The van der Waals surface area contributed by atoms with Crippen LogP contribution in [0.5, 0.6) is 0 Å². The summed E-state index contributed by atoms with van der Waals surface area (Å²) in [6.07, 6.45) is 10.4. The average molecular weight is 311 g/mol. The molecule has 0 amide bonds. The highest BCUT2D eigenvalue weighted by molar-refractivity contribution is 5.73. The first-order valence-electron chi connectivity index (χ1n) is 7.49. The summed E-state index contributed by atoms with van der Waals surface area (Å²) in [4.78, 5) is 0. The molecular weight excluding hydrogens is 290 g/mol. The van der Waals surface area contributed by atoms with Gasteiger partial charge in [-0.05, 0) is 33.9 Å². The molecule has 0 N–H and O–H groups in total. The number of allylic oxidation sites excluding steroid dienone is 1. The van der Waals surface area contributed by atoms with Crippen molar-refractivity contribution in [1.82, 2.24) is 0 Å². The minimum absolute atomic E-state index is 0.985. The Morgan fingerprint density at radius 1 is 0.667 bits per heavy atom. The van der Waals surface area contributed by atoms with Crippen LogP contribution in [0.1, 0.15) is 27.8 Å². The van der Waals surface area contributed by atoms with Gasteiger partial charge < -0.3 is 0 Å². The van der Waals surface area contributed by atoms with Gasteiger partial charge in [0.25, 0.3) is 0 Å². The van der Waals surface area contributed by atoms with Crippen LogP contribution in [0, 0.1) is 11.3 Å². The Morgan fingerprint density at radius 2 is 1.17 bits per heavy atom. The minimum Gasteiger partial charge on any atom is -0.193 e. The zero-order valence-corrected chi connectivity index (χ0v) is 13.8. The SMILES string of the molecule is C=Cc1cccc(C=CC#N)c1C=C.C=Cc1ccccc1C=C. The standard InChI is InChI=1S/C13H11N.C10H10/c1-3-11-7-5-8-12(9-6-10-14)13(11)4-2;1-3-9-7-5-6-8-10(9)4-2/h3-9H,1-2H2;3-8H,1-2H2. The fraction of sp³-hybridized carbons (Fsp3) is 0. The summed E-state index contributed by atoms with van der Waals surface area (Å²) in [5, 5.41) is 8.43.